The lowest BCUT2D eigenvalue weighted by atomic mass is 9.80. The molecule has 1 aliphatic heterocycles. The van der Waals surface area contributed by atoms with Crippen LogP contribution in [0.5, 0.6) is 0 Å². The maximum Gasteiger partial charge on any atom is 0.338 e. The minimum atomic E-state index is -0.732. The third-order valence-electron chi connectivity index (χ3n) is 6.85. The number of benzene rings is 2. The molecule has 1 saturated carbocycles. The van der Waals surface area contributed by atoms with Crippen molar-refractivity contribution in [3.8, 4) is 0 Å². The van der Waals surface area contributed by atoms with Crippen LogP contribution in [-0.4, -0.2) is 41.1 Å². The molecule has 1 aliphatic carbocycles. The molecule has 4 atom stereocenters. The molecular formula is C27H28Cl2N2O5. The van der Waals surface area contributed by atoms with Crippen molar-refractivity contribution in [1.29, 1.82) is 0 Å². The van der Waals surface area contributed by atoms with Gasteiger partial charge in [-0.15, -0.1) is 23.2 Å². The average molecular weight is 531 g/mol. The van der Waals surface area contributed by atoms with Crippen LogP contribution in [0.3, 0.4) is 0 Å². The van der Waals surface area contributed by atoms with Crippen LogP contribution in [-0.2, 0) is 32.0 Å². The fourth-order valence-electron chi connectivity index (χ4n) is 4.91. The highest BCUT2D eigenvalue weighted by molar-refractivity contribution is 6.31. The quantitative estimate of drug-likeness (QED) is 0.317. The molecule has 7 nitrogen and oxygen atoms in total. The monoisotopic (exact) mass is 530 g/mol. The van der Waals surface area contributed by atoms with E-state index in [0.717, 1.165) is 34.6 Å². The van der Waals surface area contributed by atoms with Gasteiger partial charge in [-0.25, -0.2) is 4.79 Å². The van der Waals surface area contributed by atoms with E-state index in [0.29, 0.717) is 12.8 Å². The van der Waals surface area contributed by atoms with Gasteiger partial charge >= 0.3 is 5.97 Å². The van der Waals surface area contributed by atoms with E-state index in [1.807, 2.05) is 32.0 Å². The zero-order valence-electron chi connectivity index (χ0n) is 20.1. The van der Waals surface area contributed by atoms with Gasteiger partial charge in [0.2, 0.25) is 11.8 Å². The summed E-state index contributed by atoms with van der Waals surface area (Å²) in [5.41, 5.74) is 3.16. The molecule has 1 N–H and O–H groups in total. The number of anilines is 2. The second-order valence-electron chi connectivity index (χ2n) is 9.06. The largest absolute Gasteiger partial charge is 0.452 e. The molecule has 0 unspecified atom stereocenters. The van der Waals surface area contributed by atoms with Gasteiger partial charge in [-0.05, 0) is 55.0 Å². The number of halogens is 2. The number of nitrogens with one attached hydrogen (secondary N) is 1. The lowest BCUT2D eigenvalue weighted by Gasteiger charge is -2.28. The fraction of sp³-hybridized carbons (Fsp3) is 0.407. The Labute approximate surface area is 220 Å². The summed E-state index contributed by atoms with van der Waals surface area (Å²) < 4.78 is 5.23. The van der Waals surface area contributed by atoms with E-state index < -0.39 is 30.3 Å². The molecule has 0 spiro atoms. The Kier molecular flexibility index (Phi) is 8.00. The van der Waals surface area contributed by atoms with Crippen molar-refractivity contribution in [2.75, 3.05) is 16.8 Å². The van der Waals surface area contributed by atoms with E-state index in [9.17, 15) is 19.2 Å². The van der Waals surface area contributed by atoms with Crippen LogP contribution in [0.2, 0.25) is 0 Å². The Morgan fingerprint density at radius 3 is 2.06 bits per heavy atom. The smallest absolute Gasteiger partial charge is 0.338 e. The second kappa shape index (κ2) is 11.0. The Morgan fingerprint density at radius 2 is 1.50 bits per heavy atom. The lowest BCUT2D eigenvalue weighted by molar-refractivity contribution is -0.122. The van der Waals surface area contributed by atoms with Crippen LogP contribution in [0.4, 0.5) is 11.4 Å². The number of esters is 1. The lowest BCUT2D eigenvalue weighted by Crippen LogP contribution is -2.34. The number of alkyl halides is 2. The summed E-state index contributed by atoms with van der Waals surface area (Å²) in [6, 6.07) is 11.9. The van der Waals surface area contributed by atoms with Gasteiger partial charge in [-0.3, -0.25) is 19.3 Å². The number of carbonyl (C=O) groups excluding carboxylic acids is 4. The summed E-state index contributed by atoms with van der Waals surface area (Å²) in [7, 11) is 0. The van der Waals surface area contributed by atoms with Gasteiger partial charge in [0.1, 0.15) is 0 Å². The first-order chi connectivity index (χ1) is 17.2. The maximum absolute atomic E-state index is 13.0. The van der Waals surface area contributed by atoms with Gasteiger partial charge < -0.3 is 10.1 Å². The SMILES string of the molecule is CCc1cccc(CC)c1NC(=O)COC(=O)c1cccc(N2C(=O)[C@@H]3C[C@H](Cl)[C@@H](Cl)C[C@H]3C2=O)c1. The van der Waals surface area contributed by atoms with E-state index in [1.165, 1.54) is 12.1 Å². The minimum absolute atomic E-state index is 0.129. The number of aryl methyl sites for hydroxylation is 2. The van der Waals surface area contributed by atoms with Crippen LogP contribution in [0.25, 0.3) is 0 Å². The molecule has 0 radical (unpaired) electrons. The van der Waals surface area contributed by atoms with Gasteiger partial charge in [0.05, 0.1) is 33.8 Å². The number of carbonyl (C=O) groups is 4. The van der Waals surface area contributed by atoms with E-state index in [4.69, 9.17) is 27.9 Å². The molecule has 0 aromatic heterocycles. The van der Waals surface area contributed by atoms with Crippen molar-refractivity contribution in [1.82, 2.24) is 0 Å². The maximum atomic E-state index is 13.0. The van der Waals surface area contributed by atoms with Gasteiger partial charge in [0, 0.05) is 5.69 Å². The number of imide groups is 1. The average Bonchev–Trinajstić information content (AvgIpc) is 3.11. The molecule has 190 valence electrons. The number of rotatable bonds is 7. The summed E-state index contributed by atoms with van der Waals surface area (Å²) >= 11 is 12.5. The molecule has 2 aromatic carbocycles. The number of para-hydroxylation sites is 1. The van der Waals surface area contributed by atoms with E-state index in [-0.39, 0.29) is 33.8 Å². The highest BCUT2D eigenvalue weighted by Crippen LogP contribution is 2.43. The van der Waals surface area contributed by atoms with Gasteiger partial charge in [-0.1, -0.05) is 38.1 Å². The molecule has 9 heteroatoms. The summed E-state index contributed by atoms with van der Waals surface area (Å²) in [6.07, 6.45) is 2.17. The van der Waals surface area contributed by atoms with Crippen molar-refractivity contribution in [2.45, 2.75) is 50.3 Å². The van der Waals surface area contributed by atoms with E-state index >= 15 is 0 Å². The highest BCUT2D eigenvalue weighted by Gasteiger charge is 2.52. The Balaban J connectivity index is 1.43. The number of fused-ring (bicyclic) bond motifs is 1. The predicted octanol–water partition coefficient (Wildman–Crippen LogP) is 4.72. The molecule has 36 heavy (non-hydrogen) atoms. The van der Waals surface area contributed by atoms with Crippen LogP contribution in [0, 0.1) is 11.8 Å². The minimum Gasteiger partial charge on any atom is -0.452 e. The van der Waals surface area contributed by atoms with Crippen LogP contribution in [0.15, 0.2) is 42.5 Å². The third kappa shape index (κ3) is 5.13. The summed E-state index contributed by atoms with van der Waals surface area (Å²) in [5, 5.41) is 2.10. The standard InChI is InChI=1S/C27H28Cl2N2O5/c1-3-15-7-5-8-16(4-2)24(15)30-23(32)14-36-27(35)17-9-6-10-18(11-17)31-25(33)19-12-21(28)22(29)13-20(19)26(31)34/h5-11,19-22H,3-4,12-14H2,1-2H3,(H,30,32)/t19-,20-,21+,22+/m1/s1. The zero-order chi connectivity index (χ0) is 26.0. The zero-order valence-corrected chi connectivity index (χ0v) is 21.6. The molecule has 1 saturated heterocycles. The number of hydrogen-bond donors (Lipinski definition) is 1. The van der Waals surface area contributed by atoms with Crippen molar-refractivity contribution in [3.05, 3.63) is 59.2 Å². The molecular weight excluding hydrogens is 503 g/mol. The first-order valence-electron chi connectivity index (χ1n) is 12.1. The van der Waals surface area contributed by atoms with Crippen molar-refractivity contribution >= 4 is 58.3 Å². The summed E-state index contributed by atoms with van der Waals surface area (Å²) in [4.78, 5) is 52.4. The predicted molar refractivity (Wildman–Crippen MR) is 139 cm³/mol. The molecule has 0 bridgehead atoms. The number of hydrogen-bond acceptors (Lipinski definition) is 5. The topological polar surface area (TPSA) is 92.8 Å². The first kappa shape index (κ1) is 26.2. The van der Waals surface area contributed by atoms with E-state index in [2.05, 4.69) is 5.32 Å². The normalized spacial score (nSPS) is 23.4. The Morgan fingerprint density at radius 1 is 0.944 bits per heavy atom. The Hall–Kier alpha value is -2.90. The summed E-state index contributed by atoms with van der Waals surface area (Å²) in [6.45, 7) is 3.54. The summed E-state index contributed by atoms with van der Waals surface area (Å²) in [5.74, 6) is -2.91. The third-order valence-corrected chi connectivity index (χ3v) is 7.94. The van der Waals surface area contributed by atoms with Crippen molar-refractivity contribution < 1.29 is 23.9 Å². The van der Waals surface area contributed by atoms with Crippen molar-refractivity contribution in [2.24, 2.45) is 11.8 Å². The second-order valence-corrected chi connectivity index (χ2v) is 10.2. The van der Waals surface area contributed by atoms with Crippen LogP contribution in [0.1, 0.15) is 48.2 Å². The van der Waals surface area contributed by atoms with Crippen LogP contribution >= 0.6 is 23.2 Å². The molecule has 1 heterocycles. The highest BCUT2D eigenvalue weighted by atomic mass is 35.5. The molecule has 3 amide bonds. The number of amides is 3. The van der Waals surface area contributed by atoms with Crippen molar-refractivity contribution in [3.63, 3.8) is 0 Å². The first-order valence-corrected chi connectivity index (χ1v) is 13.0. The molecule has 2 fully saturated rings. The Bertz CT molecular complexity index is 1150. The molecule has 2 aromatic rings. The number of ether oxygens (including phenoxy) is 1. The molecule has 4 rings (SSSR count). The van der Waals surface area contributed by atoms with Gasteiger partial charge in [-0.2, -0.15) is 0 Å². The van der Waals surface area contributed by atoms with Gasteiger partial charge in [0.25, 0.3) is 5.91 Å². The van der Waals surface area contributed by atoms with Gasteiger partial charge in [0.15, 0.2) is 6.61 Å². The van der Waals surface area contributed by atoms with E-state index in [1.54, 1.807) is 12.1 Å². The number of nitrogens with zero attached hydrogens (tertiary/aromatic N) is 1. The fourth-order valence-corrected chi connectivity index (χ4v) is 5.50. The van der Waals surface area contributed by atoms with Crippen LogP contribution < -0.4 is 10.2 Å². The molecule has 2 aliphatic rings.